The molecule has 1 atom stereocenters. The van der Waals surface area contributed by atoms with Gasteiger partial charge in [-0.1, -0.05) is 6.07 Å². The Morgan fingerprint density at radius 1 is 1.43 bits per heavy atom. The first-order chi connectivity index (χ1) is 13.4. The van der Waals surface area contributed by atoms with Crippen LogP contribution in [0, 0.1) is 28.8 Å². The molecule has 1 aromatic heterocycles. The fourth-order valence-electron chi connectivity index (χ4n) is 3.32. The van der Waals surface area contributed by atoms with Gasteiger partial charge in [-0.2, -0.15) is 0 Å². The molecular weight excluding hydrogens is 365 g/mol. The summed E-state index contributed by atoms with van der Waals surface area (Å²) < 4.78 is 13.2. The van der Waals surface area contributed by atoms with Gasteiger partial charge in [0.1, 0.15) is 17.8 Å². The zero-order valence-electron chi connectivity index (χ0n) is 15.5. The van der Waals surface area contributed by atoms with Crippen LogP contribution in [0.15, 0.2) is 36.5 Å². The molecule has 0 saturated carbocycles. The number of benzene rings is 1. The number of nitro groups is 1. The second-order valence-electron chi connectivity index (χ2n) is 6.89. The molecule has 28 heavy (non-hydrogen) atoms. The van der Waals surface area contributed by atoms with Crippen molar-refractivity contribution in [2.24, 2.45) is 5.92 Å². The number of anilines is 2. The molecule has 0 bridgehead atoms. The molecule has 8 nitrogen and oxygen atoms in total. The number of amides is 2. The number of nitrogens with zero attached hydrogens (tertiary/aromatic N) is 3. The number of carbonyl (C=O) groups excluding carboxylic acids is 1. The second-order valence-corrected chi connectivity index (χ2v) is 6.89. The van der Waals surface area contributed by atoms with Gasteiger partial charge >= 0.3 is 6.03 Å². The van der Waals surface area contributed by atoms with E-state index in [1.807, 2.05) is 0 Å². The zero-order chi connectivity index (χ0) is 20.1. The van der Waals surface area contributed by atoms with Gasteiger partial charge in [-0.15, -0.1) is 0 Å². The van der Waals surface area contributed by atoms with Gasteiger partial charge in [0.2, 0.25) is 0 Å². The molecule has 2 N–H and O–H groups in total. The van der Waals surface area contributed by atoms with Crippen molar-refractivity contribution in [3.05, 3.63) is 58.0 Å². The topological polar surface area (TPSA) is 100 Å². The Balaban J connectivity index is 1.54. The van der Waals surface area contributed by atoms with Gasteiger partial charge in [0.15, 0.2) is 0 Å². The van der Waals surface area contributed by atoms with Crippen molar-refractivity contribution in [3.63, 3.8) is 0 Å². The lowest BCUT2D eigenvalue weighted by Gasteiger charge is -2.33. The molecule has 1 saturated heterocycles. The summed E-state index contributed by atoms with van der Waals surface area (Å²) >= 11 is 0. The van der Waals surface area contributed by atoms with Crippen molar-refractivity contribution in [2.45, 2.75) is 19.8 Å². The highest BCUT2D eigenvalue weighted by molar-refractivity contribution is 5.89. The summed E-state index contributed by atoms with van der Waals surface area (Å²) in [6, 6.07) is 7.06. The SMILES string of the molecule is Cc1cc(N2CCCC(CNC(=O)Nc3cccc(F)c3)C2)ncc1[N+](=O)[O-]. The fraction of sp³-hybridized carbons (Fsp3) is 0.368. The maximum absolute atomic E-state index is 13.2. The Hall–Kier alpha value is -3.23. The van der Waals surface area contributed by atoms with Crippen LogP contribution in [0.3, 0.4) is 0 Å². The first-order valence-corrected chi connectivity index (χ1v) is 9.09. The van der Waals surface area contributed by atoms with Gasteiger partial charge in [0, 0.05) is 30.9 Å². The van der Waals surface area contributed by atoms with Crippen molar-refractivity contribution < 1.29 is 14.1 Å². The number of aryl methyl sites for hydroxylation is 1. The normalized spacial score (nSPS) is 16.5. The summed E-state index contributed by atoms with van der Waals surface area (Å²) in [6.45, 7) is 3.69. The van der Waals surface area contributed by atoms with Gasteiger partial charge < -0.3 is 15.5 Å². The molecule has 1 aromatic carbocycles. The lowest BCUT2D eigenvalue weighted by atomic mass is 9.98. The van der Waals surface area contributed by atoms with Crippen LogP contribution >= 0.6 is 0 Å². The molecule has 2 amide bonds. The first kappa shape index (κ1) is 19.5. The number of pyridine rings is 1. The molecule has 0 radical (unpaired) electrons. The van der Waals surface area contributed by atoms with Crippen LogP contribution in [0.5, 0.6) is 0 Å². The van der Waals surface area contributed by atoms with Crippen molar-refractivity contribution in [1.82, 2.24) is 10.3 Å². The van der Waals surface area contributed by atoms with Crippen LogP contribution in [0.2, 0.25) is 0 Å². The Morgan fingerprint density at radius 2 is 2.25 bits per heavy atom. The Morgan fingerprint density at radius 3 is 2.96 bits per heavy atom. The summed E-state index contributed by atoms with van der Waals surface area (Å²) in [4.78, 5) is 28.8. The second kappa shape index (κ2) is 8.64. The minimum absolute atomic E-state index is 0.00740. The predicted molar refractivity (Wildman–Crippen MR) is 104 cm³/mol. The van der Waals surface area contributed by atoms with Crippen LogP contribution in [-0.4, -0.2) is 35.6 Å². The van der Waals surface area contributed by atoms with E-state index < -0.39 is 10.7 Å². The van der Waals surface area contributed by atoms with Gasteiger partial charge in [0.05, 0.1) is 4.92 Å². The zero-order valence-corrected chi connectivity index (χ0v) is 15.5. The Kier molecular flexibility index (Phi) is 6.03. The van der Waals surface area contributed by atoms with E-state index in [2.05, 4.69) is 20.5 Å². The molecule has 0 spiro atoms. The smallest absolute Gasteiger partial charge is 0.319 e. The highest BCUT2D eigenvalue weighted by Crippen LogP contribution is 2.25. The number of halogens is 1. The number of carbonyl (C=O) groups is 1. The maximum Gasteiger partial charge on any atom is 0.319 e. The van der Waals surface area contributed by atoms with Crippen molar-refractivity contribution in [2.75, 3.05) is 29.9 Å². The molecule has 148 valence electrons. The minimum Gasteiger partial charge on any atom is -0.356 e. The third-order valence-corrected chi connectivity index (χ3v) is 4.74. The first-order valence-electron chi connectivity index (χ1n) is 9.09. The van der Waals surface area contributed by atoms with Crippen LogP contribution in [0.25, 0.3) is 0 Å². The number of hydrogen-bond acceptors (Lipinski definition) is 5. The van der Waals surface area contributed by atoms with E-state index >= 15 is 0 Å². The summed E-state index contributed by atoms with van der Waals surface area (Å²) in [5.74, 6) is 0.521. The predicted octanol–water partition coefficient (Wildman–Crippen LogP) is 3.48. The van der Waals surface area contributed by atoms with E-state index in [9.17, 15) is 19.3 Å². The van der Waals surface area contributed by atoms with Crippen LogP contribution < -0.4 is 15.5 Å². The minimum atomic E-state index is -0.438. The molecule has 1 unspecified atom stereocenters. The molecule has 1 aliphatic rings. The van der Waals surface area contributed by atoms with Gasteiger partial charge in [-0.3, -0.25) is 10.1 Å². The van der Waals surface area contributed by atoms with E-state index in [0.717, 1.165) is 19.4 Å². The third-order valence-electron chi connectivity index (χ3n) is 4.74. The largest absolute Gasteiger partial charge is 0.356 e. The van der Waals surface area contributed by atoms with Crippen molar-refractivity contribution in [3.8, 4) is 0 Å². The average Bonchev–Trinajstić information content (AvgIpc) is 2.66. The van der Waals surface area contributed by atoms with Gasteiger partial charge in [-0.25, -0.2) is 14.2 Å². The van der Waals surface area contributed by atoms with E-state index in [1.54, 1.807) is 19.1 Å². The molecular formula is C19H22FN5O3. The highest BCUT2D eigenvalue weighted by atomic mass is 19.1. The van der Waals surface area contributed by atoms with E-state index in [1.165, 1.54) is 24.4 Å². The standard InChI is InChI=1S/C19H22FN5O3/c1-13-8-18(21-11-17(13)25(27)28)24-7-3-4-14(12-24)10-22-19(26)23-16-6-2-5-15(20)9-16/h2,5-6,8-9,11,14H,3-4,7,10,12H2,1H3,(H2,22,23,26). The number of aromatic nitrogens is 1. The van der Waals surface area contributed by atoms with E-state index in [4.69, 9.17) is 0 Å². The molecule has 3 rings (SSSR count). The quantitative estimate of drug-likeness (QED) is 0.604. The van der Waals surface area contributed by atoms with Crippen LogP contribution in [0.1, 0.15) is 18.4 Å². The third kappa shape index (κ3) is 4.93. The summed E-state index contributed by atoms with van der Waals surface area (Å²) in [5, 5.41) is 16.4. The molecule has 9 heteroatoms. The van der Waals surface area contributed by atoms with E-state index in [0.29, 0.717) is 30.2 Å². The van der Waals surface area contributed by atoms with Gasteiger partial charge in [-0.05, 0) is 49.9 Å². The van der Waals surface area contributed by atoms with Crippen molar-refractivity contribution in [1.29, 1.82) is 0 Å². The lowest BCUT2D eigenvalue weighted by Crippen LogP contribution is -2.42. The number of urea groups is 1. The van der Waals surface area contributed by atoms with Crippen molar-refractivity contribution >= 4 is 23.2 Å². The number of hydrogen-bond donors (Lipinski definition) is 2. The lowest BCUT2D eigenvalue weighted by molar-refractivity contribution is -0.385. The Labute approximate surface area is 161 Å². The summed E-state index contributed by atoms with van der Waals surface area (Å²) in [7, 11) is 0. The molecule has 1 aliphatic heterocycles. The molecule has 2 aromatic rings. The Bertz CT molecular complexity index is 876. The van der Waals surface area contributed by atoms with Crippen LogP contribution in [0.4, 0.5) is 26.4 Å². The molecule has 0 aliphatic carbocycles. The number of rotatable bonds is 5. The summed E-state index contributed by atoms with van der Waals surface area (Å²) in [5.41, 5.74) is 0.978. The maximum atomic E-state index is 13.2. The van der Waals surface area contributed by atoms with Crippen LogP contribution in [-0.2, 0) is 0 Å². The average molecular weight is 387 g/mol. The number of piperidine rings is 1. The monoisotopic (exact) mass is 387 g/mol. The highest BCUT2D eigenvalue weighted by Gasteiger charge is 2.23. The summed E-state index contributed by atoms with van der Waals surface area (Å²) in [6.07, 6.45) is 3.19. The molecule has 1 fully saturated rings. The van der Waals surface area contributed by atoms with E-state index in [-0.39, 0.29) is 17.6 Å². The molecule has 2 heterocycles. The van der Waals surface area contributed by atoms with Gasteiger partial charge in [0.25, 0.3) is 5.69 Å². The number of nitrogens with one attached hydrogen (secondary N) is 2. The fourth-order valence-corrected chi connectivity index (χ4v) is 3.32.